The monoisotopic (exact) mass is 460 g/mol. The van der Waals surface area contributed by atoms with Crippen molar-refractivity contribution in [1.82, 2.24) is 5.32 Å². The number of nitrogens with one attached hydrogen (secondary N) is 1. The average molecular weight is 461 g/mol. The van der Waals surface area contributed by atoms with E-state index in [-0.39, 0.29) is 5.57 Å². The number of nitriles is 1. The van der Waals surface area contributed by atoms with Crippen LogP contribution in [0.2, 0.25) is 0 Å². The molecule has 0 unspecified atom stereocenters. The number of rotatable bonds is 7. The normalized spacial score (nSPS) is 10.9. The van der Waals surface area contributed by atoms with E-state index in [0.29, 0.717) is 18.9 Å². The number of ether oxygens (including phenoxy) is 1. The second-order valence-electron chi connectivity index (χ2n) is 6.80. The Morgan fingerprint density at radius 1 is 1.07 bits per heavy atom. The first kappa shape index (κ1) is 21.4. The van der Waals surface area contributed by atoms with Crippen LogP contribution in [0.1, 0.15) is 22.3 Å². The van der Waals surface area contributed by atoms with Gasteiger partial charge in [0.25, 0.3) is 5.91 Å². The van der Waals surface area contributed by atoms with E-state index in [1.54, 1.807) is 6.08 Å². The fraction of sp³-hybridized carbons (Fsp3) is 0.120. The number of carbonyl (C=O) groups is 1. The lowest BCUT2D eigenvalue weighted by atomic mass is 10.1. The van der Waals surface area contributed by atoms with Crippen LogP contribution in [0.4, 0.5) is 0 Å². The number of hydrogen-bond donors (Lipinski definition) is 1. The highest BCUT2D eigenvalue weighted by molar-refractivity contribution is 9.10. The Morgan fingerprint density at radius 3 is 2.47 bits per heavy atom. The topological polar surface area (TPSA) is 62.1 Å². The molecule has 0 aromatic heterocycles. The van der Waals surface area contributed by atoms with Crippen LogP contribution >= 0.6 is 15.9 Å². The number of halogens is 1. The molecule has 3 aromatic carbocycles. The number of amides is 1. The molecular weight excluding hydrogens is 440 g/mol. The highest BCUT2D eigenvalue weighted by atomic mass is 79.9. The summed E-state index contributed by atoms with van der Waals surface area (Å²) in [7, 11) is 0. The van der Waals surface area contributed by atoms with Crippen molar-refractivity contribution in [2.75, 3.05) is 0 Å². The summed E-state index contributed by atoms with van der Waals surface area (Å²) in [6.45, 7) is 2.87. The number of hydrogen-bond acceptors (Lipinski definition) is 3. The quantitative estimate of drug-likeness (QED) is 0.370. The van der Waals surface area contributed by atoms with Gasteiger partial charge in [-0.25, -0.2) is 0 Å². The van der Waals surface area contributed by atoms with Crippen LogP contribution in [0.5, 0.6) is 5.75 Å². The third-order valence-corrected chi connectivity index (χ3v) is 5.06. The molecule has 1 amide bonds. The van der Waals surface area contributed by atoms with E-state index in [0.717, 1.165) is 21.2 Å². The van der Waals surface area contributed by atoms with Crippen LogP contribution < -0.4 is 10.1 Å². The van der Waals surface area contributed by atoms with Crippen molar-refractivity contribution in [1.29, 1.82) is 5.26 Å². The minimum absolute atomic E-state index is 0.0474. The molecule has 0 aliphatic heterocycles. The van der Waals surface area contributed by atoms with Gasteiger partial charge in [-0.1, -0.05) is 66.2 Å². The van der Waals surface area contributed by atoms with Crippen molar-refractivity contribution in [3.05, 3.63) is 105 Å². The Bertz CT molecular complexity index is 1080. The van der Waals surface area contributed by atoms with E-state index in [2.05, 4.69) is 21.2 Å². The van der Waals surface area contributed by atoms with Crippen molar-refractivity contribution >= 4 is 27.9 Å². The third kappa shape index (κ3) is 6.07. The van der Waals surface area contributed by atoms with Gasteiger partial charge in [0.05, 0.1) is 4.47 Å². The summed E-state index contributed by atoms with van der Waals surface area (Å²) < 4.78 is 6.63. The predicted molar refractivity (Wildman–Crippen MR) is 122 cm³/mol. The van der Waals surface area contributed by atoms with Crippen molar-refractivity contribution in [2.24, 2.45) is 0 Å². The molecule has 0 aliphatic rings. The highest BCUT2D eigenvalue weighted by Gasteiger charge is 2.10. The molecular formula is C25H21BrN2O2. The molecule has 30 heavy (non-hydrogen) atoms. The van der Waals surface area contributed by atoms with Gasteiger partial charge < -0.3 is 10.1 Å². The standard InChI is InChI=1S/C25H21BrN2O2/c1-18-7-9-20(10-8-18)17-30-24-12-11-21(14-23(24)26)13-22(15-27)25(29)28-16-19-5-3-2-4-6-19/h2-14H,16-17H2,1H3,(H,28,29)/b22-13-. The van der Waals surface area contributed by atoms with Crippen molar-refractivity contribution in [2.45, 2.75) is 20.1 Å². The van der Waals surface area contributed by atoms with E-state index in [9.17, 15) is 10.1 Å². The minimum atomic E-state index is -0.405. The lowest BCUT2D eigenvalue weighted by Gasteiger charge is -2.09. The van der Waals surface area contributed by atoms with E-state index in [1.165, 1.54) is 5.56 Å². The first-order valence-corrected chi connectivity index (χ1v) is 10.3. The zero-order valence-corrected chi connectivity index (χ0v) is 18.1. The summed E-state index contributed by atoms with van der Waals surface area (Å²) in [6.07, 6.45) is 1.56. The van der Waals surface area contributed by atoms with Gasteiger partial charge in [-0.3, -0.25) is 4.79 Å². The average Bonchev–Trinajstić information content (AvgIpc) is 2.77. The molecule has 0 spiro atoms. The Kier molecular flexibility index (Phi) is 7.42. The summed E-state index contributed by atoms with van der Waals surface area (Å²) in [6, 6.07) is 25.2. The van der Waals surface area contributed by atoms with Crippen molar-refractivity contribution in [3.8, 4) is 11.8 Å². The molecule has 1 N–H and O–H groups in total. The molecule has 0 aliphatic carbocycles. The second-order valence-corrected chi connectivity index (χ2v) is 7.66. The van der Waals surface area contributed by atoms with Crippen molar-refractivity contribution < 1.29 is 9.53 Å². The smallest absolute Gasteiger partial charge is 0.262 e. The Balaban J connectivity index is 1.64. The van der Waals surface area contributed by atoms with Gasteiger partial charge in [0.15, 0.2) is 0 Å². The van der Waals surface area contributed by atoms with Gasteiger partial charge in [-0.15, -0.1) is 0 Å². The molecule has 0 radical (unpaired) electrons. The zero-order valence-electron chi connectivity index (χ0n) is 16.6. The van der Waals surface area contributed by atoms with Gasteiger partial charge in [0, 0.05) is 6.54 Å². The third-order valence-electron chi connectivity index (χ3n) is 4.44. The number of aryl methyl sites for hydroxylation is 1. The van der Waals surface area contributed by atoms with E-state index in [4.69, 9.17) is 4.74 Å². The van der Waals surface area contributed by atoms with Crippen LogP contribution in [-0.4, -0.2) is 5.91 Å². The maximum Gasteiger partial charge on any atom is 0.262 e. The zero-order chi connectivity index (χ0) is 21.3. The van der Waals surface area contributed by atoms with Gasteiger partial charge in [0.2, 0.25) is 0 Å². The first-order chi connectivity index (χ1) is 14.5. The van der Waals surface area contributed by atoms with Crippen LogP contribution in [0.25, 0.3) is 6.08 Å². The molecule has 0 heterocycles. The van der Waals surface area contributed by atoms with E-state index >= 15 is 0 Å². The summed E-state index contributed by atoms with van der Waals surface area (Å²) >= 11 is 3.50. The number of nitrogens with zero attached hydrogens (tertiary/aromatic N) is 1. The maximum atomic E-state index is 12.3. The van der Waals surface area contributed by atoms with Gasteiger partial charge in [-0.2, -0.15) is 5.26 Å². The van der Waals surface area contributed by atoms with Crippen LogP contribution in [-0.2, 0) is 17.9 Å². The molecule has 0 fully saturated rings. The van der Waals surface area contributed by atoms with Crippen LogP contribution in [0, 0.1) is 18.3 Å². The molecule has 0 saturated heterocycles. The molecule has 0 saturated carbocycles. The summed E-state index contributed by atoms with van der Waals surface area (Å²) in [5, 5.41) is 12.2. The number of benzene rings is 3. The Morgan fingerprint density at radius 2 is 1.80 bits per heavy atom. The fourth-order valence-electron chi connectivity index (χ4n) is 2.76. The highest BCUT2D eigenvalue weighted by Crippen LogP contribution is 2.27. The number of carbonyl (C=O) groups excluding carboxylic acids is 1. The van der Waals surface area contributed by atoms with E-state index in [1.807, 2.05) is 85.8 Å². The van der Waals surface area contributed by atoms with Crippen LogP contribution in [0.3, 0.4) is 0 Å². The molecule has 5 heteroatoms. The summed E-state index contributed by atoms with van der Waals surface area (Å²) in [5.41, 5.74) is 4.04. The lowest BCUT2D eigenvalue weighted by molar-refractivity contribution is -0.117. The summed E-state index contributed by atoms with van der Waals surface area (Å²) in [4.78, 5) is 12.3. The lowest BCUT2D eigenvalue weighted by Crippen LogP contribution is -2.23. The van der Waals surface area contributed by atoms with Gasteiger partial charge in [0.1, 0.15) is 24.0 Å². The molecule has 4 nitrogen and oxygen atoms in total. The largest absolute Gasteiger partial charge is 0.488 e. The summed E-state index contributed by atoms with van der Waals surface area (Å²) in [5.74, 6) is 0.289. The van der Waals surface area contributed by atoms with Gasteiger partial charge in [-0.05, 0) is 57.8 Å². The Hall–Kier alpha value is -3.36. The second kappa shape index (κ2) is 10.4. The Labute approximate surface area is 184 Å². The fourth-order valence-corrected chi connectivity index (χ4v) is 3.27. The van der Waals surface area contributed by atoms with Crippen LogP contribution in [0.15, 0.2) is 82.8 Å². The van der Waals surface area contributed by atoms with Crippen molar-refractivity contribution in [3.63, 3.8) is 0 Å². The SMILES string of the molecule is Cc1ccc(COc2ccc(/C=C(/C#N)C(=O)NCc3ccccc3)cc2Br)cc1. The maximum absolute atomic E-state index is 12.3. The minimum Gasteiger partial charge on any atom is -0.488 e. The van der Waals surface area contributed by atoms with Gasteiger partial charge >= 0.3 is 0 Å². The molecule has 3 rings (SSSR count). The molecule has 0 atom stereocenters. The first-order valence-electron chi connectivity index (χ1n) is 9.47. The molecule has 150 valence electrons. The predicted octanol–water partition coefficient (Wildman–Crippen LogP) is 5.56. The molecule has 0 bridgehead atoms. The van der Waals surface area contributed by atoms with E-state index < -0.39 is 5.91 Å². The molecule has 3 aromatic rings.